The van der Waals surface area contributed by atoms with Crippen LogP contribution in [0.4, 0.5) is 15.3 Å². The van der Waals surface area contributed by atoms with Crippen LogP contribution in [-0.2, 0) is 14.3 Å². The molecule has 0 aromatic heterocycles. The molecule has 9 nitrogen and oxygen atoms in total. The molecule has 2 aliphatic heterocycles. The van der Waals surface area contributed by atoms with Crippen LogP contribution in [0.1, 0.15) is 19.8 Å². The van der Waals surface area contributed by atoms with E-state index >= 15 is 0 Å². The molecule has 0 aliphatic carbocycles. The lowest BCUT2D eigenvalue weighted by molar-refractivity contribution is -0.162. The van der Waals surface area contributed by atoms with E-state index in [1.165, 1.54) is 6.92 Å². The second-order valence-electron chi connectivity index (χ2n) is 6.86. The molecular formula is C19H24N4O5. The van der Waals surface area contributed by atoms with Crippen LogP contribution >= 0.6 is 0 Å². The van der Waals surface area contributed by atoms with Crippen molar-refractivity contribution in [2.45, 2.75) is 25.9 Å². The molecule has 1 atom stereocenters. The fourth-order valence-electron chi connectivity index (χ4n) is 3.26. The standard InChI is InChI=1S/C19H24N4O5/c1-13(16(24)23-12-9-20-18(23)26)28-17(25)14-7-10-22(11-8-14)19(27)21-15-5-3-2-4-6-15/h2-6,13-14H,7-12H2,1H3,(H,20,26)(H,21,27)/t13-/m1/s1. The molecule has 0 radical (unpaired) electrons. The summed E-state index contributed by atoms with van der Waals surface area (Å²) in [6.45, 7) is 2.99. The van der Waals surface area contributed by atoms with Crippen LogP contribution in [0.5, 0.6) is 0 Å². The lowest BCUT2D eigenvalue weighted by Gasteiger charge is -2.31. The summed E-state index contributed by atoms with van der Waals surface area (Å²) in [7, 11) is 0. The fraction of sp³-hybridized carbons (Fsp3) is 0.474. The van der Waals surface area contributed by atoms with Gasteiger partial charge in [-0.3, -0.25) is 14.5 Å². The molecule has 0 spiro atoms. The highest BCUT2D eigenvalue weighted by atomic mass is 16.5. The fourth-order valence-corrected chi connectivity index (χ4v) is 3.26. The van der Waals surface area contributed by atoms with E-state index in [2.05, 4.69) is 10.6 Å². The Morgan fingerprint density at radius 3 is 2.43 bits per heavy atom. The maximum Gasteiger partial charge on any atom is 0.324 e. The number of esters is 1. The van der Waals surface area contributed by atoms with E-state index in [-0.39, 0.29) is 18.5 Å². The topological polar surface area (TPSA) is 108 Å². The molecule has 2 aliphatic rings. The molecule has 1 aromatic rings. The SMILES string of the molecule is C[C@@H](OC(=O)C1CCN(C(=O)Nc2ccccc2)CC1)C(=O)N1CCNC1=O. The van der Waals surface area contributed by atoms with Crippen molar-refractivity contribution in [1.29, 1.82) is 0 Å². The van der Waals surface area contributed by atoms with Crippen molar-refractivity contribution in [1.82, 2.24) is 15.1 Å². The number of imide groups is 1. The molecule has 28 heavy (non-hydrogen) atoms. The van der Waals surface area contributed by atoms with Crippen LogP contribution in [-0.4, -0.2) is 66.0 Å². The Bertz CT molecular complexity index is 746. The van der Waals surface area contributed by atoms with Gasteiger partial charge in [-0.25, -0.2) is 9.59 Å². The third-order valence-corrected chi connectivity index (χ3v) is 4.90. The van der Waals surface area contributed by atoms with Crippen molar-refractivity contribution in [3.05, 3.63) is 30.3 Å². The molecule has 5 amide bonds. The molecule has 2 heterocycles. The van der Waals surface area contributed by atoms with Crippen molar-refractivity contribution < 1.29 is 23.9 Å². The number of ether oxygens (including phenoxy) is 1. The van der Waals surface area contributed by atoms with Gasteiger partial charge in [0.15, 0.2) is 6.10 Å². The Morgan fingerprint density at radius 2 is 1.82 bits per heavy atom. The number of carbonyl (C=O) groups excluding carboxylic acids is 4. The smallest absolute Gasteiger partial charge is 0.324 e. The second kappa shape index (κ2) is 8.73. The van der Waals surface area contributed by atoms with Gasteiger partial charge < -0.3 is 20.3 Å². The zero-order chi connectivity index (χ0) is 20.1. The van der Waals surface area contributed by atoms with Gasteiger partial charge in [0.1, 0.15) is 0 Å². The summed E-state index contributed by atoms with van der Waals surface area (Å²) < 4.78 is 5.27. The summed E-state index contributed by atoms with van der Waals surface area (Å²) in [5.41, 5.74) is 0.715. The average molecular weight is 388 g/mol. The number of para-hydroxylation sites is 1. The highest BCUT2D eigenvalue weighted by Gasteiger charge is 2.34. The molecule has 1 aromatic carbocycles. The number of likely N-dealkylation sites (tertiary alicyclic amines) is 1. The first-order valence-corrected chi connectivity index (χ1v) is 9.36. The number of anilines is 1. The van der Waals surface area contributed by atoms with Crippen LogP contribution in [0.25, 0.3) is 0 Å². The molecule has 150 valence electrons. The van der Waals surface area contributed by atoms with Crippen molar-refractivity contribution >= 4 is 29.6 Å². The van der Waals surface area contributed by atoms with E-state index < -0.39 is 24.0 Å². The van der Waals surface area contributed by atoms with Crippen LogP contribution in [0.3, 0.4) is 0 Å². The molecule has 0 saturated carbocycles. The summed E-state index contributed by atoms with van der Waals surface area (Å²) >= 11 is 0. The highest BCUT2D eigenvalue weighted by molar-refractivity contribution is 5.98. The first-order chi connectivity index (χ1) is 13.5. The number of carbonyl (C=O) groups is 4. The van der Waals surface area contributed by atoms with Crippen LogP contribution in [0.15, 0.2) is 30.3 Å². The molecule has 2 fully saturated rings. The molecule has 3 rings (SSSR count). The Balaban J connectivity index is 1.45. The van der Waals surface area contributed by atoms with Crippen molar-refractivity contribution in [2.24, 2.45) is 5.92 Å². The molecule has 2 N–H and O–H groups in total. The van der Waals surface area contributed by atoms with E-state index in [4.69, 9.17) is 4.74 Å². The third kappa shape index (κ3) is 4.59. The number of amides is 5. The maximum absolute atomic E-state index is 12.4. The van der Waals surface area contributed by atoms with Crippen molar-refractivity contribution in [3.8, 4) is 0 Å². The number of rotatable bonds is 4. The normalized spacial score (nSPS) is 18.4. The Labute approximate surface area is 163 Å². The lowest BCUT2D eigenvalue weighted by Crippen LogP contribution is -2.45. The van der Waals surface area contributed by atoms with Gasteiger partial charge in [0.2, 0.25) is 0 Å². The maximum atomic E-state index is 12.4. The van der Waals surface area contributed by atoms with Gasteiger partial charge in [-0.1, -0.05) is 18.2 Å². The number of nitrogens with zero attached hydrogens (tertiary/aromatic N) is 2. The summed E-state index contributed by atoms with van der Waals surface area (Å²) in [4.78, 5) is 51.1. The minimum absolute atomic E-state index is 0.207. The van der Waals surface area contributed by atoms with Gasteiger partial charge in [-0.15, -0.1) is 0 Å². The second-order valence-corrected chi connectivity index (χ2v) is 6.86. The average Bonchev–Trinajstić information content (AvgIpc) is 3.14. The van der Waals surface area contributed by atoms with E-state index in [9.17, 15) is 19.2 Å². The Morgan fingerprint density at radius 1 is 1.14 bits per heavy atom. The van der Waals surface area contributed by atoms with Gasteiger partial charge in [0, 0.05) is 31.9 Å². The lowest BCUT2D eigenvalue weighted by atomic mass is 9.97. The monoisotopic (exact) mass is 388 g/mol. The summed E-state index contributed by atoms with van der Waals surface area (Å²) in [5.74, 6) is -1.37. The van der Waals surface area contributed by atoms with Crippen molar-refractivity contribution in [3.63, 3.8) is 0 Å². The summed E-state index contributed by atoms with van der Waals surface area (Å²) in [6.07, 6.45) is -0.0889. The van der Waals surface area contributed by atoms with E-state index in [0.29, 0.717) is 38.2 Å². The molecular weight excluding hydrogens is 364 g/mol. The number of benzene rings is 1. The molecule has 0 unspecified atom stereocenters. The quantitative estimate of drug-likeness (QED) is 0.759. The number of hydrogen-bond acceptors (Lipinski definition) is 5. The van der Waals surface area contributed by atoms with Crippen LogP contribution in [0, 0.1) is 5.92 Å². The van der Waals surface area contributed by atoms with E-state index in [1.54, 1.807) is 17.0 Å². The van der Waals surface area contributed by atoms with Gasteiger partial charge in [-0.2, -0.15) is 0 Å². The number of piperidine rings is 1. The number of urea groups is 2. The van der Waals surface area contributed by atoms with E-state index in [0.717, 1.165) is 4.90 Å². The molecule has 9 heteroatoms. The highest BCUT2D eigenvalue weighted by Crippen LogP contribution is 2.20. The third-order valence-electron chi connectivity index (χ3n) is 4.90. The zero-order valence-electron chi connectivity index (χ0n) is 15.7. The largest absolute Gasteiger partial charge is 0.452 e. The summed E-state index contributed by atoms with van der Waals surface area (Å²) in [6, 6.07) is 8.49. The van der Waals surface area contributed by atoms with Gasteiger partial charge in [-0.05, 0) is 31.9 Å². The minimum Gasteiger partial charge on any atom is -0.452 e. The Kier molecular flexibility index (Phi) is 6.13. The van der Waals surface area contributed by atoms with Crippen LogP contribution in [0.2, 0.25) is 0 Å². The van der Waals surface area contributed by atoms with Crippen LogP contribution < -0.4 is 10.6 Å². The number of nitrogens with one attached hydrogen (secondary N) is 2. The minimum atomic E-state index is -1.02. The van der Waals surface area contributed by atoms with Gasteiger partial charge in [0.05, 0.1) is 5.92 Å². The molecule has 0 bridgehead atoms. The predicted molar refractivity (Wildman–Crippen MR) is 100 cm³/mol. The van der Waals surface area contributed by atoms with Gasteiger partial charge in [0.25, 0.3) is 5.91 Å². The number of hydrogen-bond donors (Lipinski definition) is 2. The predicted octanol–water partition coefficient (Wildman–Crippen LogP) is 1.41. The first-order valence-electron chi connectivity index (χ1n) is 9.36. The van der Waals surface area contributed by atoms with E-state index in [1.807, 2.05) is 18.2 Å². The zero-order valence-corrected chi connectivity index (χ0v) is 15.7. The molecule has 2 saturated heterocycles. The van der Waals surface area contributed by atoms with Gasteiger partial charge >= 0.3 is 18.0 Å². The first kappa shape index (κ1) is 19.7. The summed E-state index contributed by atoms with van der Waals surface area (Å²) in [5, 5.41) is 5.36. The Hall–Kier alpha value is -3.10. The van der Waals surface area contributed by atoms with Crippen molar-refractivity contribution in [2.75, 3.05) is 31.5 Å².